The highest BCUT2D eigenvalue weighted by atomic mass is 19.1. The molecule has 0 heterocycles. The Hall–Kier alpha value is -2.03. The molecule has 0 radical (unpaired) electrons. The van der Waals surface area contributed by atoms with Crippen LogP contribution in [0, 0.1) is 18.6 Å². The Bertz CT molecular complexity index is 576. The minimum absolute atomic E-state index is 0.0456. The number of carbonyl (C=O) groups excluding carboxylic acids is 1. The quantitative estimate of drug-likeness (QED) is 0.724. The Kier molecular flexibility index (Phi) is 3.00. The van der Waals surface area contributed by atoms with E-state index in [-0.39, 0.29) is 11.1 Å². The van der Waals surface area contributed by atoms with Gasteiger partial charge >= 0.3 is 0 Å². The predicted molar refractivity (Wildman–Crippen MR) is 61.0 cm³/mol. The van der Waals surface area contributed by atoms with Gasteiger partial charge in [-0.25, -0.2) is 8.78 Å². The number of benzene rings is 2. The monoisotopic (exact) mass is 232 g/mol. The number of hydrogen-bond acceptors (Lipinski definition) is 1. The van der Waals surface area contributed by atoms with E-state index in [4.69, 9.17) is 0 Å². The minimum Gasteiger partial charge on any atom is -0.288 e. The first-order chi connectivity index (χ1) is 8.09. The van der Waals surface area contributed by atoms with Crippen molar-refractivity contribution in [1.82, 2.24) is 0 Å². The molecule has 2 rings (SSSR count). The zero-order chi connectivity index (χ0) is 12.4. The Morgan fingerprint density at radius 2 is 1.71 bits per heavy atom. The second-order valence-corrected chi connectivity index (χ2v) is 3.77. The fourth-order valence-corrected chi connectivity index (χ4v) is 1.53. The molecule has 0 N–H and O–H groups in total. The van der Waals surface area contributed by atoms with Crippen molar-refractivity contribution < 1.29 is 13.6 Å². The lowest BCUT2D eigenvalue weighted by molar-refractivity contribution is 0.103. The van der Waals surface area contributed by atoms with E-state index in [1.807, 2.05) is 0 Å². The zero-order valence-electron chi connectivity index (χ0n) is 9.21. The number of rotatable bonds is 2. The van der Waals surface area contributed by atoms with Gasteiger partial charge in [0.05, 0.1) is 5.56 Å². The summed E-state index contributed by atoms with van der Waals surface area (Å²) in [6, 6.07) is 9.79. The lowest BCUT2D eigenvalue weighted by Crippen LogP contribution is -2.04. The van der Waals surface area contributed by atoms with Crippen molar-refractivity contribution in [3.8, 4) is 0 Å². The third-order valence-corrected chi connectivity index (χ3v) is 2.55. The van der Waals surface area contributed by atoms with Crippen LogP contribution in [0.1, 0.15) is 21.5 Å². The topological polar surface area (TPSA) is 17.1 Å². The summed E-state index contributed by atoms with van der Waals surface area (Å²) in [5.41, 5.74) is 0.559. The summed E-state index contributed by atoms with van der Waals surface area (Å²) in [5.74, 6) is -1.58. The molecule has 0 aliphatic heterocycles. The Morgan fingerprint density at radius 3 is 2.35 bits per heavy atom. The highest BCUT2D eigenvalue weighted by Crippen LogP contribution is 2.15. The van der Waals surface area contributed by atoms with Crippen molar-refractivity contribution in [2.75, 3.05) is 0 Å². The van der Waals surface area contributed by atoms with Crippen molar-refractivity contribution >= 4 is 5.78 Å². The number of halogens is 2. The van der Waals surface area contributed by atoms with Crippen molar-refractivity contribution in [2.45, 2.75) is 6.92 Å². The van der Waals surface area contributed by atoms with Crippen LogP contribution in [-0.4, -0.2) is 5.78 Å². The lowest BCUT2D eigenvalue weighted by atomic mass is 10.0. The third kappa shape index (κ3) is 2.23. The highest BCUT2D eigenvalue weighted by molar-refractivity contribution is 6.09. The van der Waals surface area contributed by atoms with Gasteiger partial charge in [-0.1, -0.05) is 24.3 Å². The molecular formula is C14H10F2O. The van der Waals surface area contributed by atoms with Crippen molar-refractivity contribution in [3.05, 3.63) is 70.8 Å². The third-order valence-electron chi connectivity index (χ3n) is 2.55. The maximum absolute atomic E-state index is 13.4. The van der Waals surface area contributed by atoms with Gasteiger partial charge in [0.1, 0.15) is 11.6 Å². The molecule has 17 heavy (non-hydrogen) atoms. The van der Waals surface area contributed by atoms with Crippen LogP contribution < -0.4 is 0 Å². The van der Waals surface area contributed by atoms with Crippen LogP contribution in [0.3, 0.4) is 0 Å². The van der Waals surface area contributed by atoms with Crippen LogP contribution in [0.4, 0.5) is 8.78 Å². The molecule has 1 nitrogen and oxygen atoms in total. The van der Waals surface area contributed by atoms with Gasteiger partial charge in [-0.05, 0) is 30.7 Å². The summed E-state index contributed by atoms with van der Waals surface area (Å²) in [4.78, 5) is 11.9. The van der Waals surface area contributed by atoms with E-state index < -0.39 is 17.4 Å². The van der Waals surface area contributed by atoms with E-state index in [9.17, 15) is 13.6 Å². The van der Waals surface area contributed by atoms with Gasteiger partial charge in [0.15, 0.2) is 5.78 Å². The first kappa shape index (κ1) is 11.5. The molecule has 0 amide bonds. The van der Waals surface area contributed by atoms with Crippen molar-refractivity contribution in [2.24, 2.45) is 0 Å². The van der Waals surface area contributed by atoms with Crippen LogP contribution in [0.2, 0.25) is 0 Å². The van der Waals surface area contributed by atoms with Gasteiger partial charge in [-0.3, -0.25) is 4.79 Å². The number of ketones is 1. The minimum atomic E-state index is -0.599. The first-order valence-electron chi connectivity index (χ1n) is 5.15. The molecule has 0 atom stereocenters. The second-order valence-electron chi connectivity index (χ2n) is 3.77. The van der Waals surface area contributed by atoms with Crippen LogP contribution in [0.5, 0.6) is 0 Å². The second kappa shape index (κ2) is 4.45. The molecule has 0 unspecified atom stereocenters. The predicted octanol–water partition coefficient (Wildman–Crippen LogP) is 3.50. The SMILES string of the molecule is Cc1ccc(C(=O)c2ccccc2F)cc1F. The summed E-state index contributed by atoms with van der Waals surface area (Å²) in [7, 11) is 0. The largest absolute Gasteiger partial charge is 0.288 e. The van der Waals surface area contributed by atoms with Crippen LogP contribution in [-0.2, 0) is 0 Å². The van der Waals surface area contributed by atoms with E-state index >= 15 is 0 Å². The summed E-state index contributed by atoms with van der Waals surface area (Å²) >= 11 is 0. The molecule has 0 saturated heterocycles. The van der Waals surface area contributed by atoms with Gasteiger partial charge in [0, 0.05) is 5.56 Å². The van der Waals surface area contributed by atoms with Gasteiger partial charge in [0.25, 0.3) is 0 Å². The molecular weight excluding hydrogens is 222 g/mol. The summed E-state index contributed by atoms with van der Waals surface area (Å²) < 4.78 is 26.7. The van der Waals surface area contributed by atoms with E-state index in [0.717, 1.165) is 6.07 Å². The molecule has 0 bridgehead atoms. The molecule has 2 aromatic carbocycles. The summed E-state index contributed by atoms with van der Waals surface area (Å²) in [6.07, 6.45) is 0. The summed E-state index contributed by atoms with van der Waals surface area (Å²) in [5, 5.41) is 0. The molecule has 0 spiro atoms. The smallest absolute Gasteiger partial charge is 0.196 e. The lowest BCUT2D eigenvalue weighted by Gasteiger charge is -2.03. The van der Waals surface area contributed by atoms with Crippen molar-refractivity contribution in [3.63, 3.8) is 0 Å². The Balaban J connectivity index is 2.44. The fraction of sp³-hybridized carbons (Fsp3) is 0.0714. The number of carbonyl (C=O) groups is 1. The van der Waals surface area contributed by atoms with E-state index in [2.05, 4.69) is 0 Å². The first-order valence-corrected chi connectivity index (χ1v) is 5.15. The molecule has 0 aliphatic carbocycles. The summed E-state index contributed by atoms with van der Waals surface area (Å²) in [6.45, 7) is 1.60. The Morgan fingerprint density at radius 1 is 1.00 bits per heavy atom. The average Bonchev–Trinajstić information content (AvgIpc) is 2.32. The van der Waals surface area contributed by atoms with E-state index in [0.29, 0.717) is 5.56 Å². The molecule has 2 aromatic rings. The van der Waals surface area contributed by atoms with Gasteiger partial charge in [-0.15, -0.1) is 0 Å². The standard InChI is InChI=1S/C14H10F2O/c1-9-6-7-10(8-13(9)16)14(17)11-4-2-3-5-12(11)15/h2-8H,1H3. The molecule has 0 aliphatic rings. The molecule has 0 fully saturated rings. The van der Waals surface area contributed by atoms with Crippen LogP contribution >= 0.6 is 0 Å². The van der Waals surface area contributed by atoms with Crippen LogP contribution in [0.25, 0.3) is 0 Å². The fourth-order valence-electron chi connectivity index (χ4n) is 1.53. The maximum Gasteiger partial charge on any atom is 0.196 e. The van der Waals surface area contributed by atoms with E-state index in [1.165, 1.54) is 30.3 Å². The highest BCUT2D eigenvalue weighted by Gasteiger charge is 2.14. The molecule has 86 valence electrons. The zero-order valence-corrected chi connectivity index (χ0v) is 9.21. The van der Waals surface area contributed by atoms with E-state index in [1.54, 1.807) is 13.0 Å². The normalized spacial score (nSPS) is 10.3. The molecule has 0 aromatic heterocycles. The maximum atomic E-state index is 13.4. The Labute approximate surface area is 97.7 Å². The van der Waals surface area contributed by atoms with Gasteiger partial charge in [-0.2, -0.15) is 0 Å². The molecule has 3 heteroatoms. The van der Waals surface area contributed by atoms with Gasteiger partial charge < -0.3 is 0 Å². The van der Waals surface area contributed by atoms with Gasteiger partial charge in [0.2, 0.25) is 0 Å². The van der Waals surface area contributed by atoms with Crippen molar-refractivity contribution in [1.29, 1.82) is 0 Å². The average molecular weight is 232 g/mol. The van der Waals surface area contributed by atoms with Crippen LogP contribution in [0.15, 0.2) is 42.5 Å². The molecule has 0 saturated carbocycles. The number of aryl methyl sites for hydroxylation is 1. The number of hydrogen-bond donors (Lipinski definition) is 0.